The summed E-state index contributed by atoms with van der Waals surface area (Å²) in [5.74, 6) is 0.458. The molecule has 0 heterocycles. The second-order valence-corrected chi connectivity index (χ2v) is 4.04. The van der Waals surface area contributed by atoms with Gasteiger partial charge >= 0.3 is 0 Å². The third kappa shape index (κ3) is 3.42. The van der Waals surface area contributed by atoms with Crippen LogP contribution in [0.25, 0.3) is 0 Å². The number of aromatic hydroxyl groups is 1. The van der Waals surface area contributed by atoms with E-state index in [1.54, 1.807) is 18.2 Å². The zero-order chi connectivity index (χ0) is 12.1. The first-order valence-electron chi connectivity index (χ1n) is 5.13. The van der Waals surface area contributed by atoms with Gasteiger partial charge in [-0.1, -0.05) is 6.07 Å². The Morgan fingerprint density at radius 3 is 2.81 bits per heavy atom. The van der Waals surface area contributed by atoms with Crippen molar-refractivity contribution in [3.63, 3.8) is 0 Å². The number of alkyl halides is 1. The number of Topliss-reactive ketones (excluding diaryl/α,β-unsaturated/α-hetero) is 1. The lowest BCUT2D eigenvalue weighted by Gasteiger charge is -2.09. The van der Waals surface area contributed by atoms with Gasteiger partial charge in [0, 0.05) is 0 Å². The summed E-state index contributed by atoms with van der Waals surface area (Å²) in [5.41, 5.74) is 0.872. The van der Waals surface area contributed by atoms with Crippen LogP contribution >= 0.6 is 11.6 Å². The number of ketones is 1. The Labute approximate surface area is 100.0 Å². The molecule has 1 aromatic carbocycles. The van der Waals surface area contributed by atoms with E-state index in [0.717, 1.165) is 5.56 Å². The topological polar surface area (TPSA) is 46.5 Å². The number of phenols is 1. The Kier molecular flexibility index (Phi) is 4.62. The zero-order valence-electron chi connectivity index (χ0n) is 9.37. The Bertz CT molecular complexity index is 377. The molecule has 1 atom stereocenters. The quantitative estimate of drug-likeness (QED) is 0.807. The fraction of sp³-hybridized carbons (Fsp3) is 0.417. The first kappa shape index (κ1) is 12.8. The summed E-state index contributed by atoms with van der Waals surface area (Å²) in [6, 6.07) is 4.98. The molecule has 0 saturated carbocycles. The summed E-state index contributed by atoms with van der Waals surface area (Å²) in [7, 11) is 0. The number of ether oxygens (including phenoxy) is 1. The Morgan fingerprint density at radius 2 is 2.25 bits per heavy atom. The molecule has 0 radical (unpaired) electrons. The summed E-state index contributed by atoms with van der Waals surface area (Å²) in [6.07, 6.45) is 0.442. The van der Waals surface area contributed by atoms with E-state index in [9.17, 15) is 9.90 Å². The number of halogens is 1. The van der Waals surface area contributed by atoms with E-state index in [2.05, 4.69) is 0 Å². The van der Waals surface area contributed by atoms with Gasteiger partial charge in [-0.05, 0) is 38.0 Å². The molecule has 0 saturated heterocycles. The first-order chi connectivity index (χ1) is 7.54. The number of hydrogen-bond acceptors (Lipinski definition) is 3. The van der Waals surface area contributed by atoms with Crippen molar-refractivity contribution in [2.24, 2.45) is 0 Å². The van der Waals surface area contributed by atoms with Crippen LogP contribution in [0.3, 0.4) is 0 Å². The standard InChI is InChI=1S/C12H15ClO3/c1-3-16-12-7-9(4-5-11(12)15)6-10(13)8(2)14/h4-5,7,10,15H,3,6H2,1-2H3. The lowest BCUT2D eigenvalue weighted by atomic mass is 10.1. The largest absolute Gasteiger partial charge is 0.504 e. The smallest absolute Gasteiger partial charge is 0.161 e. The van der Waals surface area contributed by atoms with Crippen LogP contribution in [0.5, 0.6) is 11.5 Å². The van der Waals surface area contributed by atoms with Gasteiger partial charge in [0.2, 0.25) is 0 Å². The summed E-state index contributed by atoms with van der Waals surface area (Å²) in [5, 5.41) is 8.96. The van der Waals surface area contributed by atoms with Gasteiger partial charge in [-0.25, -0.2) is 0 Å². The normalized spacial score (nSPS) is 12.2. The van der Waals surface area contributed by atoms with Crippen LogP contribution in [-0.4, -0.2) is 22.9 Å². The Balaban J connectivity index is 2.82. The molecular formula is C12H15ClO3. The van der Waals surface area contributed by atoms with E-state index in [-0.39, 0.29) is 11.5 Å². The maximum Gasteiger partial charge on any atom is 0.161 e. The van der Waals surface area contributed by atoms with E-state index < -0.39 is 5.38 Å². The highest BCUT2D eigenvalue weighted by molar-refractivity contribution is 6.30. The van der Waals surface area contributed by atoms with Crippen molar-refractivity contribution < 1.29 is 14.6 Å². The molecule has 0 bridgehead atoms. The van der Waals surface area contributed by atoms with Gasteiger partial charge < -0.3 is 9.84 Å². The molecule has 0 aliphatic heterocycles. The minimum Gasteiger partial charge on any atom is -0.504 e. The summed E-state index contributed by atoms with van der Waals surface area (Å²) in [6.45, 7) is 3.78. The minimum absolute atomic E-state index is 0.0623. The van der Waals surface area contributed by atoms with Crippen molar-refractivity contribution in [1.82, 2.24) is 0 Å². The molecule has 0 aromatic heterocycles. The number of carbonyl (C=O) groups is 1. The Morgan fingerprint density at radius 1 is 1.56 bits per heavy atom. The molecule has 3 nitrogen and oxygen atoms in total. The van der Waals surface area contributed by atoms with E-state index in [4.69, 9.17) is 16.3 Å². The predicted octanol–water partition coefficient (Wildman–Crippen LogP) is 2.53. The summed E-state index contributed by atoms with van der Waals surface area (Å²) < 4.78 is 5.24. The highest BCUT2D eigenvalue weighted by Gasteiger charge is 2.12. The SMILES string of the molecule is CCOc1cc(CC(Cl)C(C)=O)ccc1O. The molecule has 0 aliphatic rings. The lowest BCUT2D eigenvalue weighted by Crippen LogP contribution is -2.13. The van der Waals surface area contributed by atoms with E-state index in [1.165, 1.54) is 6.92 Å². The van der Waals surface area contributed by atoms with Crippen molar-refractivity contribution in [3.8, 4) is 11.5 Å². The van der Waals surface area contributed by atoms with Crippen LogP contribution < -0.4 is 4.74 Å². The van der Waals surface area contributed by atoms with Crippen LogP contribution in [0, 0.1) is 0 Å². The maximum absolute atomic E-state index is 11.0. The van der Waals surface area contributed by atoms with E-state index in [0.29, 0.717) is 18.8 Å². The van der Waals surface area contributed by atoms with Crippen molar-refractivity contribution in [3.05, 3.63) is 23.8 Å². The minimum atomic E-state index is -0.529. The van der Waals surface area contributed by atoms with Gasteiger partial charge in [0.25, 0.3) is 0 Å². The maximum atomic E-state index is 11.0. The summed E-state index contributed by atoms with van der Waals surface area (Å²) in [4.78, 5) is 11.0. The van der Waals surface area contributed by atoms with Crippen molar-refractivity contribution in [2.75, 3.05) is 6.61 Å². The van der Waals surface area contributed by atoms with Gasteiger partial charge in [-0.3, -0.25) is 4.79 Å². The van der Waals surface area contributed by atoms with Crippen molar-refractivity contribution in [1.29, 1.82) is 0 Å². The average Bonchev–Trinajstić information content (AvgIpc) is 2.23. The predicted molar refractivity (Wildman–Crippen MR) is 63.3 cm³/mol. The summed E-state index contributed by atoms with van der Waals surface area (Å²) >= 11 is 5.87. The molecule has 4 heteroatoms. The second kappa shape index (κ2) is 5.75. The first-order valence-corrected chi connectivity index (χ1v) is 5.57. The van der Waals surface area contributed by atoms with Gasteiger partial charge in [0.1, 0.15) is 5.78 Å². The average molecular weight is 243 g/mol. The van der Waals surface area contributed by atoms with Crippen LogP contribution in [0.2, 0.25) is 0 Å². The molecule has 1 unspecified atom stereocenters. The molecule has 0 spiro atoms. The third-order valence-electron chi connectivity index (χ3n) is 2.18. The van der Waals surface area contributed by atoms with Gasteiger partial charge in [-0.2, -0.15) is 0 Å². The van der Waals surface area contributed by atoms with Crippen molar-refractivity contribution in [2.45, 2.75) is 25.6 Å². The second-order valence-electron chi connectivity index (χ2n) is 3.52. The molecule has 1 aromatic rings. The van der Waals surface area contributed by atoms with Crippen molar-refractivity contribution >= 4 is 17.4 Å². The molecule has 88 valence electrons. The molecule has 0 aliphatic carbocycles. The fourth-order valence-electron chi connectivity index (χ4n) is 1.31. The highest BCUT2D eigenvalue weighted by atomic mass is 35.5. The third-order valence-corrected chi connectivity index (χ3v) is 2.64. The fourth-order valence-corrected chi connectivity index (χ4v) is 1.49. The van der Waals surface area contributed by atoms with Crippen LogP contribution in [0.1, 0.15) is 19.4 Å². The van der Waals surface area contributed by atoms with Crippen LogP contribution in [0.15, 0.2) is 18.2 Å². The number of rotatable bonds is 5. The molecular weight excluding hydrogens is 228 g/mol. The molecule has 1 rings (SSSR count). The van der Waals surface area contributed by atoms with E-state index in [1.807, 2.05) is 6.92 Å². The van der Waals surface area contributed by atoms with Gasteiger partial charge in [0.05, 0.1) is 12.0 Å². The Hall–Kier alpha value is -1.22. The van der Waals surface area contributed by atoms with Crippen LogP contribution in [-0.2, 0) is 11.2 Å². The number of hydrogen-bond donors (Lipinski definition) is 1. The number of benzene rings is 1. The highest BCUT2D eigenvalue weighted by Crippen LogP contribution is 2.27. The van der Waals surface area contributed by atoms with Gasteiger partial charge in [0.15, 0.2) is 11.5 Å². The molecule has 0 fully saturated rings. The molecule has 16 heavy (non-hydrogen) atoms. The molecule has 1 N–H and O–H groups in total. The zero-order valence-corrected chi connectivity index (χ0v) is 10.1. The molecule has 0 amide bonds. The monoisotopic (exact) mass is 242 g/mol. The number of phenolic OH excluding ortho intramolecular Hbond substituents is 1. The van der Waals surface area contributed by atoms with E-state index >= 15 is 0 Å². The van der Waals surface area contributed by atoms with Crippen LogP contribution in [0.4, 0.5) is 0 Å². The van der Waals surface area contributed by atoms with Gasteiger partial charge in [-0.15, -0.1) is 11.6 Å². The number of carbonyl (C=O) groups excluding carboxylic acids is 1. The lowest BCUT2D eigenvalue weighted by molar-refractivity contribution is -0.116.